The Labute approximate surface area is 102 Å². The third kappa shape index (κ3) is 3.22. The molecule has 0 unspecified atom stereocenters. The molecule has 0 heterocycles. The minimum absolute atomic E-state index is 0.214. The van der Waals surface area contributed by atoms with Gasteiger partial charge in [-0.15, -0.1) is 0 Å². The van der Waals surface area contributed by atoms with Crippen LogP contribution in [0.2, 0.25) is 0 Å². The number of carbonyl (C=O) groups excluding carboxylic acids is 1. The highest BCUT2D eigenvalue weighted by atomic mass is 16.5. The van der Waals surface area contributed by atoms with E-state index >= 15 is 0 Å². The van der Waals surface area contributed by atoms with Crippen LogP contribution in [0.4, 0.5) is 0 Å². The third-order valence-corrected chi connectivity index (χ3v) is 3.32. The van der Waals surface area contributed by atoms with Crippen molar-refractivity contribution in [1.82, 2.24) is 5.32 Å². The molecular formula is C14H19NO2. The zero-order chi connectivity index (χ0) is 12.3. The number of ether oxygens (including phenoxy) is 1. The van der Waals surface area contributed by atoms with Crippen molar-refractivity contribution in [3.8, 4) is 5.75 Å². The lowest BCUT2D eigenvalue weighted by molar-refractivity contribution is -0.122. The third-order valence-electron chi connectivity index (χ3n) is 3.32. The summed E-state index contributed by atoms with van der Waals surface area (Å²) in [4.78, 5) is 11.6. The zero-order valence-corrected chi connectivity index (χ0v) is 10.4. The Morgan fingerprint density at radius 2 is 2.06 bits per heavy atom. The second-order valence-electron chi connectivity index (χ2n) is 4.71. The Hall–Kier alpha value is -1.51. The van der Waals surface area contributed by atoms with Crippen LogP contribution >= 0.6 is 0 Å². The van der Waals surface area contributed by atoms with Gasteiger partial charge in [-0.2, -0.15) is 0 Å². The van der Waals surface area contributed by atoms with Crippen LogP contribution in [-0.2, 0) is 11.2 Å². The molecule has 1 aliphatic carbocycles. The quantitative estimate of drug-likeness (QED) is 0.845. The van der Waals surface area contributed by atoms with E-state index in [1.807, 2.05) is 24.3 Å². The predicted molar refractivity (Wildman–Crippen MR) is 67.0 cm³/mol. The molecule has 3 nitrogen and oxygen atoms in total. The van der Waals surface area contributed by atoms with Gasteiger partial charge in [0, 0.05) is 12.5 Å². The van der Waals surface area contributed by atoms with Gasteiger partial charge in [0.15, 0.2) is 0 Å². The fraction of sp³-hybridized carbons (Fsp3) is 0.500. The molecule has 2 atom stereocenters. The summed E-state index contributed by atoms with van der Waals surface area (Å²) in [7, 11) is 1.66. The van der Waals surface area contributed by atoms with Gasteiger partial charge in [-0.1, -0.05) is 19.1 Å². The number of nitrogens with one attached hydrogen (secondary N) is 1. The topological polar surface area (TPSA) is 38.3 Å². The van der Waals surface area contributed by atoms with Gasteiger partial charge < -0.3 is 10.1 Å². The molecule has 92 valence electrons. The summed E-state index contributed by atoms with van der Waals surface area (Å²) in [5, 5.41) is 2.98. The van der Waals surface area contributed by atoms with Crippen LogP contribution in [0.15, 0.2) is 24.3 Å². The van der Waals surface area contributed by atoms with Crippen LogP contribution in [-0.4, -0.2) is 19.6 Å². The second kappa shape index (κ2) is 5.21. The average Bonchev–Trinajstić information content (AvgIpc) is 3.07. The van der Waals surface area contributed by atoms with Gasteiger partial charge in [0.2, 0.25) is 5.91 Å². The van der Waals surface area contributed by atoms with E-state index in [1.54, 1.807) is 7.11 Å². The molecule has 1 amide bonds. The summed E-state index contributed by atoms with van der Waals surface area (Å²) in [5.41, 5.74) is 1.22. The fourth-order valence-corrected chi connectivity index (χ4v) is 1.94. The maximum atomic E-state index is 11.6. The average molecular weight is 233 g/mol. The SMILES string of the molecule is COc1ccc(CCNC(=O)[C@H]2C[C@H]2C)cc1. The standard InChI is InChI=1S/C14H19NO2/c1-10-9-13(10)14(16)15-8-7-11-3-5-12(17-2)6-4-11/h3-6,10,13H,7-9H2,1-2H3,(H,15,16)/t10-,13+/m1/s1. The molecule has 0 aliphatic heterocycles. The van der Waals surface area contributed by atoms with Gasteiger partial charge >= 0.3 is 0 Å². The van der Waals surface area contributed by atoms with Gasteiger partial charge in [-0.05, 0) is 36.5 Å². The Morgan fingerprint density at radius 1 is 1.41 bits per heavy atom. The van der Waals surface area contributed by atoms with Crippen molar-refractivity contribution in [2.75, 3.05) is 13.7 Å². The highest BCUT2D eigenvalue weighted by Gasteiger charge is 2.38. The molecule has 1 saturated carbocycles. The Bertz CT molecular complexity index is 386. The van der Waals surface area contributed by atoms with Gasteiger partial charge in [-0.3, -0.25) is 4.79 Å². The Morgan fingerprint density at radius 3 is 2.59 bits per heavy atom. The van der Waals surface area contributed by atoms with Crippen LogP contribution < -0.4 is 10.1 Å². The molecule has 0 bridgehead atoms. The smallest absolute Gasteiger partial charge is 0.223 e. The van der Waals surface area contributed by atoms with E-state index in [0.717, 1.165) is 18.6 Å². The van der Waals surface area contributed by atoms with E-state index in [0.29, 0.717) is 12.5 Å². The lowest BCUT2D eigenvalue weighted by Crippen LogP contribution is -2.27. The van der Waals surface area contributed by atoms with Crippen molar-refractivity contribution in [2.24, 2.45) is 11.8 Å². The zero-order valence-electron chi connectivity index (χ0n) is 10.4. The van der Waals surface area contributed by atoms with Crippen LogP contribution in [0.1, 0.15) is 18.9 Å². The number of amides is 1. The number of hydrogen-bond donors (Lipinski definition) is 1. The summed E-state index contributed by atoms with van der Waals surface area (Å²) in [6.45, 7) is 2.84. The summed E-state index contributed by atoms with van der Waals surface area (Å²) < 4.78 is 5.09. The number of hydrogen-bond acceptors (Lipinski definition) is 2. The first kappa shape index (κ1) is 12.0. The summed E-state index contributed by atoms with van der Waals surface area (Å²) >= 11 is 0. The van der Waals surface area contributed by atoms with Crippen LogP contribution in [0.5, 0.6) is 5.75 Å². The van der Waals surface area contributed by atoms with E-state index in [-0.39, 0.29) is 11.8 Å². The molecule has 0 saturated heterocycles. The molecule has 0 spiro atoms. The van der Waals surface area contributed by atoms with Crippen LogP contribution in [0, 0.1) is 11.8 Å². The van der Waals surface area contributed by atoms with Gasteiger partial charge in [0.05, 0.1) is 7.11 Å². The molecule has 3 heteroatoms. The van der Waals surface area contributed by atoms with Gasteiger partial charge in [-0.25, -0.2) is 0 Å². The number of benzene rings is 1. The summed E-state index contributed by atoms with van der Waals surface area (Å²) in [5.74, 6) is 1.93. The molecule has 0 radical (unpaired) electrons. The van der Waals surface area contributed by atoms with Crippen molar-refractivity contribution in [1.29, 1.82) is 0 Å². The lowest BCUT2D eigenvalue weighted by atomic mass is 10.1. The maximum Gasteiger partial charge on any atom is 0.223 e. The number of carbonyl (C=O) groups is 1. The highest BCUT2D eigenvalue weighted by Crippen LogP contribution is 2.37. The molecule has 1 aromatic rings. The first-order valence-electron chi connectivity index (χ1n) is 6.11. The predicted octanol–water partition coefficient (Wildman–Crippen LogP) is 2.01. The minimum atomic E-state index is 0.214. The van der Waals surface area contributed by atoms with Crippen LogP contribution in [0.3, 0.4) is 0 Å². The van der Waals surface area contributed by atoms with Crippen molar-refractivity contribution in [3.05, 3.63) is 29.8 Å². The van der Waals surface area contributed by atoms with Gasteiger partial charge in [0.25, 0.3) is 0 Å². The highest BCUT2D eigenvalue weighted by molar-refractivity contribution is 5.81. The maximum absolute atomic E-state index is 11.6. The molecule has 0 aromatic heterocycles. The molecular weight excluding hydrogens is 214 g/mol. The molecule has 1 aromatic carbocycles. The first-order valence-corrected chi connectivity index (χ1v) is 6.11. The van der Waals surface area contributed by atoms with Gasteiger partial charge in [0.1, 0.15) is 5.75 Å². The summed E-state index contributed by atoms with van der Waals surface area (Å²) in [6.07, 6.45) is 1.92. The molecule has 1 aliphatic rings. The fourth-order valence-electron chi connectivity index (χ4n) is 1.94. The Balaban J connectivity index is 1.72. The normalized spacial score (nSPS) is 22.0. The minimum Gasteiger partial charge on any atom is -0.497 e. The van der Waals surface area contributed by atoms with E-state index in [1.165, 1.54) is 5.56 Å². The Kier molecular flexibility index (Phi) is 3.67. The first-order chi connectivity index (χ1) is 8.20. The molecule has 2 rings (SSSR count). The lowest BCUT2D eigenvalue weighted by Gasteiger charge is -2.05. The molecule has 1 fully saturated rings. The monoisotopic (exact) mass is 233 g/mol. The van der Waals surface area contributed by atoms with E-state index in [9.17, 15) is 4.79 Å². The number of methoxy groups -OCH3 is 1. The van der Waals surface area contributed by atoms with E-state index in [4.69, 9.17) is 4.74 Å². The van der Waals surface area contributed by atoms with Crippen molar-refractivity contribution in [2.45, 2.75) is 19.8 Å². The van der Waals surface area contributed by atoms with Crippen molar-refractivity contribution in [3.63, 3.8) is 0 Å². The van der Waals surface area contributed by atoms with E-state index < -0.39 is 0 Å². The van der Waals surface area contributed by atoms with E-state index in [2.05, 4.69) is 12.2 Å². The molecule has 1 N–H and O–H groups in total. The largest absolute Gasteiger partial charge is 0.497 e. The molecule has 17 heavy (non-hydrogen) atoms. The van der Waals surface area contributed by atoms with Crippen molar-refractivity contribution >= 4 is 5.91 Å². The number of rotatable bonds is 5. The second-order valence-corrected chi connectivity index (χ2v) is 4.71. The van der Waals surface area contributed by atoms with Crippen molar-refractivity contribution < 1.29 is 9.53 Å². The van der Waals surface area contributed by atoms with Crippen LogP contribution in [0.25, 0.3) is 0 Å². The summed E-state index contributed by atoms with van der Waals surface area (Å²) in [6, 6.07) is 7.95.